The van der Waals surface area contributed by atoms with E-state index in [0.29, 0.717) is 31.1 Å². The van der Waals surface area contributed by atoms with Crippen LogP contribution in [0.25, 0.3) is 0 Å². The molecule has 1 saturated heterocycles. The van der Waals surface area contributed by atoms with Crippen LogP contribution in [-0.2, 0) is 19.6 Å². The Morgan fingerprint density at radius 3 is 2.47 bits per heavy atom. The van der Waals surface area contributed by atoms with Crippen molar-refractivity contribution in [2.75, 3.05) is 47.6 Å². The predicted octanol–water partition coefficient (Wildman–Crippen LogP) is 2.26. The van der Waals surface area contributed by atoms with Gasteiger partial charge < -0.3 is 19.5 Å². The normalized spacial score (nSPS) is 19.0. The van der Waals surface area contributed by atoms with Crippen LogP contribution in [-0.4, -0.2) is 66.2 Å². The molecule has 1 aliphatic heterocycles. The summed E-state index contributed by atoms with van der Waals surface area (Å²) in [5, 5.41) is 2.93. The van der Waals surface area contributed by atoms with Crippen LogP contribution < -0.4 is 14.8 Å². The molecule has 1 fully saturated rings. The summed E-state index contributed by atoms with van der Waals surface area (Å²) in [6.07, 6.45) is 0.678. The van der Waals surface area contributed by atoms with Crippen molar-refractivity contribution in [2.24, 2.45) is 5.92 Å². The molecule has 1 N–H and O–H groups in total. The summed E-state index contributed by atoms with van der Waals surface area (Å²) in [6, 6.07) is 13.7. The van der Waals surface area contributed by atoms with Gasteiger partial charge in [0.05, 0.1) is 25.0 Å². The standard InChI is InChI=1S/C23H30N2O6S/c1-29-13-7-12-24-23(26)21-16-25(32(27,28)18-8-5-4-6-9-18)15-20(21)19-11-10-17(30-2)14-22(19)31-3/h4-6,8-11,14,20-21H,7,12-13,15-16H2,1-3H3,(H,24,26). The lowest BCUT2D eigenvalue weighted by atomic mass is 9.87. The third-order valence-electron chi connectivity index (χ3n) is 5.67. The molecule has 0 aromatic heterocycles. The van der Waals surface area contributed by atoms with E-state index >= 15 is 0 Å². The summed E-state index contributed by atoms with van der Waals surface area (Å²) in [6.45, 7) is 1.26. The maximum Gasteiger partial charge on any atom is 0.243 e. The molecule has 0 bridgehead atoms. The summed E-state index contributed by atoms with van der Waals surface area (Å²) >= 11 is 0. The van der Waals surface area contributed by atoms with Gasteiger partial charge in [0, 0.05) is 45.3 Å². The Morgan fingerprint density at radius 2 is 1.81 bits per heavy atom. The minimum Gasteiger partial charge on any atom is -0.497 e. The molecule has 8 nitrogen and oxygen atoms in total. The molecule has 0 saturated carbocycles. The first kappa shape index (κ1) is 24.0. The molecule has 0 spiro atoms. The largest absolute Gasteiger partial charge is 0.497 e. The Hall–Kier alpha value is -2.62. The zero-order valence-corrected chi connectivity index (χ0v) is 19.4. The highest BCUT2D eigenvalue weighted by atomic mass is 32.2. The number of hydrogen-bond donors (Lipinski definition) is 1. The van der Waals surface area contributed by atoms with E-state index in [-0.39, 0.29) is 29.8 Å². The molecule has 1 heterocycles. The molecule has 1 aliphatic rings. The minimum absolute atomic E-state index is 0.0905. The summed E-state index contributed by atoms with van der Waals surface area (Å²) in [4.78, 5) is 13.3. The number of ether oxygens (including phenoxy) is 3. The average Bonchev–Trinajstić information content (AvgIpc) is 3.28. The van der Waals surface area contributed by atoms with Crippen molar-refractivity contribution in [3.05, 3.63) is 54.1 Å². The summed E-state index contributed by atoms with van der Waals surface area (Å²) in [5.41, 5.74) is 0.774. The highest BCUT2D eigenvalue weighted by molar-refractivity contribution is 7.89. The van der Waals surface area contributed by atoms with Gasteiger partial charge in [-0.3, -0.25) is 4.79 Å². The van der Waals surface area contributed by atoms with Crippen LogP contribution in [0.4, 0.5) is 0 Å². The monoisotopic (exact) mass is 462 g/mol. The fraction of sp³-hybridized carbons (Fsp3) is 0.435. The lowest BCUT2D eigenvalue weighted by molar-refractivity contribution is -0.124. The van der Waals surface area contributed by atoms with Gasteiger partial charge in [0.25, 0.3) is 0 Å². The van der Waals surface area contributed by atoms with Crippen LogP contribution in [0.1, 0.15) is 17.9 Å². The van der Waals surface area contributed by atoms with E-state index in [4.69, 9.17) is 14.2 Å². The van der Waals surface area contributed by atoms with Crippen molar-refractivity contribution in [1.82, 2.24) is 9.62 Å². The first-order valence-electron chi connectivity index (χ1n) is 10.5. The molecule has 9 heteroatoms. The average molecular weight is 463 g/mol. The van der Waals surface area contributed by atoms with E-state index in [1.54, 1.807) is 63.8 Å². The summed E-state index contributed by atoms with van der Waals surface area (Å²) < 4.78 is 43.8. The third kappa shape index (κ3) is 5.23. The Kier molecular flexibility index (Phi) is 8.11. The van der Waals surface area contributed by atoms with Crippen molar-refractivity contribution < 1.29 is 27.4 Å². The maximum atomic E-state index is 13.3. The van der Waals surface area contributed by atoms with Gasteiger partial charge in [0.1, 0.15) is 11.5 Å². The van der Waals surface area contributed by atoms with E-state index in [1.165, 1.54) is 4.31 Å². The molecular weight excluding hydrogens is 432 g/mol. The number of rotatable bonds is 10. The van der Waals surface area contributed by atoms with E-state index in [1.807, 2.05) is 6.07 Å². The quantitative estimate of drug-likeness (QED) is 0.545. The molecular formula is C23H30N2O6S. The molecule has 0 aliphatic carbocycles. The predicted molar refractivity (Wildman–Crippen MR) is 120 cm³/mol. The van der Waals surface area contributed by atoms with E-state index in [0.717, 1.165) is 5.56 Å². The zero-order valence-electron chi connectivity index (χ0n) is 18.6. The van der Waals surface area contributed by atoms with Crippen LogP contribution >= 0.6 is 0 Å². The van der Waals surface area contributed by atoms with Crippen LogP contribution in [0.5, 0.6) is 11.5 Å². The Balaban J connectivity index is 1.92. The first-order chi connectivity index (χ1) is 15.4. The van der Waals surface area contributed by atoms with Crippen molar-refractivity contribution in [2.45, 2.75) is 17.2 Å². The van der Waals surface area contributed by atoms with Crippen LogP contribution in [0, 0.1) is 5.92 Å². The highest BCUT2D eigenvalue weighted by Gasteiger charge is 2.44. The first-order valence-corrected chi connectivity index (χ1v) is 11.9. The van der Waals surface area contributed by atoms with Gasteiger partial charge in [-0.1, -0.05) is 24.3 Å². The van der Waals surface area contributed by atoms with E-state index in [2.05, 4.69) is 5.32 Å². The van der Waals surface area contributed by atoms with Crippen LogP contribution in [0.2, 0.25) is 0 Å². The van der Waals surface area contributed by atoms with Crippen molar-refractivity contribution in [3.8, 4) is 11.5 Å². The number of nitrogens with zero attached hydrogens (tertiary/aromatic N) is 1. The molecule has 3 rings (SSSR count). The maximum absolute atomic E-state index is 13.3. The second kappa shape index (κ2) is 10.8. The fourth-order valence-electron chi connectivity index (χ4n) is 3.97. The van der Waals surface area contributed by atoms with Crippen molar-refractivity contribution >= 4 is 15.9 Å². The van der Waals surface area contributed by atoms with Crippen molar-refractivity contribution in [1.29, 1.82) is 0 Å². The fourth-order valence-corrected chi connectivity index (χ4v) is 5.48. The van der Waals surface area contributed by atoms with Gasteiger partial charge in [0.2, 0.25) is 15.9 Å². The highest BCUT2D eigenvalue weighted by Crippen LogP contribution is 2.41. The molecule has 1 amide bonds. The number of sulfonamides is 1. The van der Waals surface area contributed by atoms with Crippen molar-refractivity contribution in [3.63, 3.8) is 0 Å². The number of amides is 1. The van der Waals surface area contributed by atoms with E-state index in [9.17, 15) is 13.2 Å². The number of carbonyl (C=O) groups is 1. The Morgan fingerprint density at radius 1 is 1.06 bits per heavy atom. The second-order valence-electron chi connectivity index (χ2n) is 7.59. The number of benzene rings is 2. The molecule has 2 atom stereocenters. The SMILES string of the molecule is COCCCNC(=O)C1CN(S(=O)(=O)c2ccccc2)CC1c1ccc(OC)cc1OC. The lowest BCUT2D eigenvalue weighted by Gasteiger charge is -2.21. The van der Waals surface area contributed by atoms with Gasteiger partial charge in [-0.2, -0.15) is 4.31 Å². The smallest absolute Gasteiger partial charge is 0.243 e. The lowest BCUT2D eigenvalue weighted by Crippen LogP contribution is -2.36. The topological polar surface area (TPSA) is 94.2 Å². The van der Waals surface area contributed by atoms with Crippen LogP contribution in [0.15, 0.2) is 53.4 Å². The van der Waals surface area contributed by atoms with Gasteiger partial charge in [-0.15, -0.1) is 0 Å². The number of nitrogens with one attached hydrogen (secondary N) is 1. The van der Waals surface area contributed by atoms with E-state index < -0.39 is 15.9 Å². The third-order valence-corrected chi connectivity index (χ3v) is 7.51. The van der Waals surface area contributed by atoms with Gasteiger partial charge in [-0.05, 0) is 30.2 Å². The zero-order chi connectivity index (χ0) is 23.1. The Labute approximate surface area is 189 Å². The summed E-state index contributed by atoms with van der Waals surface area (Å²) in [7, 11) is 0.980. The van der Waals surface area contributed by atoms with Crippen LogP contribution in [0.3, 0.4) is 0 Å². The number of carbonyl (C=O) groups excluding carboxylic acids is 1. The Bertz CT molecular complexity index is 1010. The molecule has 2 unspecified atom stereocenters. The molecule has 0 radical (unpaired) electrons. The molecule has 174 valence electrons. The van der Waals surface area contributed by atoms with Gasteiger partial charge in [0.15, 0.2) is 0 Å². The minimum atomic E-state index is -3.74. The summed E-state index contributed by atoms with van der Waals surface area (Å²) in [5.74, 6) is 0.0771. The van der Waals surface area contributed by atoms with Gasteiger partial charge in [-0.25, -0.2) is 8.42 Å². The number of hydrogen-bond acceptors (Lipinski definition) is 6. The molecule has 32 heavy (non-hydrogen) atoms. The molecule has 2 aromatic carbocycles. The van der Waals surface area contributed by atoms with Gasteiger partial charge >= 0.3 is 0 Å². The molecule has 2 aromatic rings. The number of methoxy groups -OCH3 is 3. The second-order valence-corrected chi connectivity index (χ2v) is 9.53.